The number of nitriles is 1. The first-order chi connectivity index (χ1) is 16.4. The molecule has 0 radical (unpaired) electrons. The topological polar surface area (TPSA) is 83.9 Å². The number of piperidine rings is 1. The van der Waals surface area contributed by atoms with E-state index in [1.807, 2.05) is 6.92 Å². The van der Waals surface area contributed by atoms with E-state index in [-0.39, 0.29) is 50.7 Å². The van der Waals surface area contributed by atoms with Crippen molar-refractivity contribution in [1.82, 2.24) is 4.48 Å². The van der Waals surface area contributed by atoms with Gasteiger partial charge in [-0.15, -0.1) is 0 Å². The van der Waals surface area contributed by atoms with Gasteiger partial charge in [0, 0.05) is 23.5 Å². The summed E-state index contributed by atoms with van der Waals surface area (Å²) in [4.78, 5) is 25.8. The molecule has 7 atom stereocenters. The Morgan fingerprint density at radius 1 is 1.14 bits per heavy atom. The van der Waals surface area contributed by atoms with Crippen molar-refractivity contribution in [2.24, 2.45) is 40.2 Å². The van der Waals surface area contributed by atoms with E-state index < -0.39 is 11.6 Å². The Morgan fingerprint density at radius 3 is 2.51 bits per heavy atom. The van der Waals surface area contributed by atoms with Gasteiger partial charge in [-0.05, 0) is 74.2 Å². The predicted octanol–water partition coefficient (Wildman–Crippen LogP) is 5.32. The summed E-state index contributed by atoms with van der Waals surface area (Å²) >= 11 is 0. The van der Waals surface area contributed by atoms with Crippen LogP contribution < -0.4 is 10.2 Å². The quantitative estimate of drug-likeness (QED) is 0.579. The Morgan fingerprint density at radius 2 is 1.86 bits per heavy atom. The first-order valence-corrected chi connectivity index (χ1v) is 12.7. The molecule has 186 valence electrons. The Hall–Kier alpha value is -2.59. The van der Waals surface area contributed by atoms with Gasteiger partial charge in [-0.1, -0.05) is 13.8 Å². The fraction of sp³-hybridized carbons (Fsp3) is 0.607. The molecule has 0 aromatic heterocycles. The molecule has 1 heterocycles. The van der Waals surface area contributed by atoms with Crippen molar-refractivity contribution in [2.45, 2.75) is 65.7 Å². The maximum atomic E-state index is 15.4. The van der Waals surface area contributed by atoms with Gasteiger partial charge in [-0.2, -0.15) is 9.74 Å². The number of halogens is 2. The highest BCUT2D eigenvalue weighted by Gasteiger charge is 2.65. The van der Waals surface area contributed by atoms with Gasteiger partial charge in [0.05, 0.1) is 19.0 Å². The van der Waals surface area contributed by atoms with E-state index in [0.29, 0.717) is 24.2 Å². The van der Waals surface area contributed by atoms with Crippen LogP contribution in [0.15, 0.2) is 23.4 Å². The molecule has 1 unspecified atom stereocenters. The minimum absolute atomic E-state index is 0.0273. The van der Waals surface area contributed by atoms with Crippen molar-refractivity contribution in [1.29, 1.82) is 5.26 Å². The normalized spacial score (nSPS) is 40.5. The summed E-state index contributed by atoms with van der Waals surface area (Å²) in [6.07, 6.45) is 5.37. The summed E-state index contributed by atoms with van der Waals surface area (Å²) in [5.74, 6) is -0.959. The van der Waals surface area contributed by atoms with Crippen LogP contribution in [0.5, 0.6) is 0 Å². The lowest BCUT2D eigenvalue weighted by Gasteiger charge is -2.59. The minimum atomic E-state index is -0.813. The number of fused-ring (bicyclic) bond motifs is 5. The van der Waals surface area contributed by atoms with Gasteiger partial charge in [-0.25, -0.2) is 13.6 Å². The third-order valence-corrected chi connectivity index (χ3v) is 10.5. The molecule has 2 N–H and O–H groups in total. The van der Waals surface area contributed by atoms with E-state index in [9.17, 15) is 14.0 Å². The first kappa shape index (κ1) is 24.1. The van der Waals surface area contributed by atoms with Crippen LogP contribution in [0.3, 0.4) is 0 Å². The number of carbonyl (C=O) groups excluding carboxylic acids is 2. The lowest BCUT2D eigenvalue weighted by Crippen LogP contribution is -2.63. The molecule has 35 heavy (non-hydrogen) atoms. The van der Waals surface area contributed by atoms with Gasteiger partial charge in [0.2, 0.25) is 5.91 Å². The largest absolute Gasteiger partial charge is 0.369 e. The monoisotopic (exact) mass is 482 g/mol. The lowest BCUT2D eigenvalue weighted by atomic mass is 9.47. The van der Waals surface area contributed by atoms with Crippen LogP contribution in [0, 0.1) is 57.5 Å². The highest BCUT2D eigenvalue weighted by Crippen LogP contribution is 2.67. The van der Waals surface area contributed by atoms with Crippen LogP contribution >= 0.6 is 0 Å². The van der Waals surface area contributed by atoms with Crippen molar-refractivity contribution >= 4 is 17.5 Å². The van der Waals surface area contributed by atoms with E-state index in [4.69, 9.17) is 11.0 Å². The molecule has 3 fully saturated rings. The van der Waals surface area contributed by atoms with Crippen molar-refractivity contribution < 1.29 is 18.4 Å². The van der Waals surface area contributed by atoms with Crippen LogP contribution in [0.25, 0.3) is 0 Å². The molecule has 1 aromatic rings. The highest BCUT2D eigenvalue weighted by atomic mass is 19.1. The fourth-order valence-corrected chi connectivity index (χ4v) is 9.07. The summed E-state index contributed by atoms with van der Waals surface area (Å²) in [5.41, 5.74) is 6.90. The van der Waals surface area contributed by atoms with Crippen molar-refractivity contribution in [3.8, 4) is 6.07 Å². The van der Waals surface area contributed by atoms with E-state index in [1.165, 1.54) is 0 Å². The summed E-state index contributed by atoms with van der Waals surface area (Å²) in [5, 5.41) is 9.14. The zero-order chi connectivity index (χ0) is 25.5. The average Bonchev–Trinajstić information content (AvgIpc) is 3.15. The molecule has 0 bridgehead atoms. The SMILES string of the molecule is CC1=C2[C@](C)(CCC(=O)[N+]2(C)c2cc(F)c(C#N)cc2F)[C@H]2CC[C@]3(C)[C@@H](C(N)=O)CC[C@H]3[C@@H]2C1. The minimum Gasteiger partial charge on any atom is -0.369 e. The molecular weight excluding hydrogens is 448 g/mol. The predicted molar refractivity (Wildman–Crippen MR) is 128 cm³/mol. The van der Waals surface area contributed by atoms with Gasteiger partial charge in [-0.3, -0.25) is 4.79 Å². The zero-order valence-corrected chi connectivity index (χ0v) is 21.0. The molecule has 5 rings (SSSR count). The number of allylic oxidation sites excluding steroid dienone is 2. The third kappa shape index (κ3) is 3.05. The lowest BCUT2D eigenvalue weighted by molar-refractivity contribution is -0.137. The fourth-order valence-electron chi connectivity index (χ4n) is 9.07. The van der Waals surface area contributed by atoms with Gasteiger partial charge in [0.1, 0.15) is 17.6 Å². The van der Waals surface area contributed by atoms with Crippen molar-refractivity contribution in [3.63, 3.8) is 0 Å². The van der Waals surface area contributed by atoms with E-state index in [0.717, 1.165) is 55.5 Å². The molecule has 2 saturated carbocycles. The van der Waals surface area contributed by atoms with Crippen LogP contribution in [-0.4, -0.2) is 18.9 Å². The number of nitrogens with two attached hydrogens (primary N) is 1. The summed E-state index contributed by atoms with van der Waals surface area (Å²) in [6.45, 7) is 6.46. The molecule has 1 aromatic carbocycles. The standard InChI is InChI=1S/C28H33F2N3O2/c1-15-11-17-18-5-6-20(26(32)35)27(18,2)9-7-19(17)28(3)10-8-24(34)33(4,25(15)28)23-13-21(29)16(14-31)12-22(23)30/h12-13,17-20H,5-11H2,1-4H3,(H-,32,35)/p+1/t17-,18-,19-,20+,27-,28+,33?/m0/s1. The molecule has 4 aliphatic rings. The Kier molecular flexibility index (Phi) is 5.31. The molecular formula is C28H34F2N3O2+. The molecule has 5 nitrogen and oxygen atoms in total. The number of primary amides is 1. The van der Waals surface area contributed by atoms with Gasteiger partial charge in [0.15, 0.2) is 11.5 Å². The second-order valence-electron chi connectivity index (χ2n) is 12.0. The maximum Gasteiger partial charge on any atom is 0.323 e. The molecule has 7 heteroatoms. The second kappa shape index (κ2) is 7.70. The second-order valence-corrected chi connectivity index (χ2v) is 12.0. The molecule has 0 spiro atoms. The van der Waals surface area contributed by atoms with E-state index in [2.05, 4.69) is 13.8 Å². The summed E-state index contributed by atoms with van der Waals surface area (Å²) < 4.78 is 29.7. The van der Waals surface area contributed by atoms with Gasteiger partial charge >= 0.3 is 5.91 Å². The average molecular weight is 483 g/mol. The number of hydrogen-bond donors (Lipinski definition) is 1. The summed E-state index contributed by atoms with van der Waals surface area (Å²) in [7, 11) is 1.69. The zero-order valence-electron chi connectivity index (χ0n) is 21.0. The number of hydrogen-bond acceptors (Lipinski definition) is 3. The van der Waals surface area contributed by atoms with E-state index in [1.54, 1.807) is 13.1 Å². The van der Waals surface area contributed by atoms with Crippen molar-refractivity contribution in [2.75, 3.05) is 7.05 Å². The Bertz CT molecular complexity index is 1220. The Labute approximate surface area is 205 Å². The highest BCUT2D eigenvalue weighted by molar-refractivity contribution is 5.93. The molecule has 1 saturated heterocycles. The molecule has 1 aliphatic heterocycles. The number of likely N-dealkylation sites (tertiary alicyclic amines) is 1. The number of rotatable bonds is 2. The van der Waals surface area contributed by atoms with Crippen LogP contribution in [0.4, 0.5) is 14.5 Å². The van der Waals surface area contributed by atoms with Crippen LogP contribution in [-0.2, 0) is 9.59 Å². The van der Waals surface area contributed by atoms with Crippen molar-refractivity contribution in [3.05, 3.63) is 40.6 Å². The molecule has 3 aliphatic carbocycles. The number of benzene rings is 1. The number of quaternary nitrogens is 1. The van der Waals surface area contributed by atoms with E-state index >= 15 is 4.39 Å². The number of carbonyl (C=O) groups is 2. The molecule has 2 amide bonds. The van der Waals surface area contributed by atoms with Gasteiger partial charge in [0.25, 0.3) is 0 Å². The summed E-state index contributed by atoms with van der Waals surface area (Å²) in [6, 6.07) is 3.63. The number of amides is 2. The van der Waals surface area contributed by atoms with Crippen LogP contribution in [0.2, 0.25) is 0 Å². The smallest absolute Gasteiger partial charge is 0.323 e. The maximum absolute atomic E-state index is 15.4. The number of nitrogens with zero attached hydrogens (tertiary/aromatic N) is 2. The Balaban J connectivity index is 1.65. The van der Waals surface area contributed by atoms with Gasteiger partial charge < -0.3 is 5.73 Å². The third-order valence-electron chi connectivity index (χ3n) is 10.5. The first-order valence-electron chi connectivity index (χ1n) is 12.7. The van der Waals surface area contributed by atoms with Crippen LogP contribution in [0.1, 0.15) is 71.3 Å².